The molecule has 1 heterocycles. The van der Waals surface area contributed by atoms with Crippen molar-refractivity contribution in [2.75, 3.05) is 13.2 Å². The SMILES string of the molecule is O=C(CCC1CCCCO1)NCC1(C(=O)O)CCCCC1. The zero-order valence-corrected chi connectivity index (χ0v) is 12.7. The molecule has 1 amide bonds. The van der Waals surface area contributed by atoms with Crippen LogP contribution in [0.15, 0.2) is 0 Å². The van der Waals surface area contributed by atoms with Gasteiger partial charge in [0.25, 0.3) is 0 Å². The van der Waals surface area contributed by atoms with Crippen molar-refractivity contribution in [3.05, 3.63) is 0 Å². The highest BCUT2D eigenvalue weighted by atomic mass is 16.5. The summed E-state index contributed by atoms with van der Waals surface area (Å²) in [4.78, 5) is 23.5. The van der Waals surface area contributed by atoms with Gasteiger partial charge in [-0.25, -0.2) is 0 Å². The van der Waals surface area contributed by atoms with Crippen molar-refractivity contribution in [3.63, 3.8) is 0 Å². The highest BCUT2D eigenvalue weighted by Crippen LogP contribution is 2.36. The predicted octanol–water partition coefficient (Wildman–Crippen LogP) is 2.49. The Morgan fingerprint density at radius 2 is 1.90 bits per heavy atom. The molecule has 0 bridgehead atoms. The largest absolute Gasteiger partial charge is 0.481 e. The lowest BCUT2D eigenvalue weighted by Crippen LogP contribution is -2.44. The fourth-order valence-electron chi connectivity index (χ4n) is 3.38. The summed E-state index contributed by atoms with van der Waals surface area (Å²) in [7, 11) is 0. The summed E-state index contributed by atoms with van der Waals surface area (Å²) in [5, 5.41) is 12.3. The molecule has 120 valence electrons. The molecule has 0 aromatic heterocycles. The van der Waals surface area contributed by atoms with Gasteiger partial charge in [0.2, 0.25) is 5.91 Å². The zero-order valence-electron chi connectivity index (χ0n) is 12.7. The zero-order chi connectivity index (χ0) is 15.1. The van der Waals surface area contributed by atoms with Crippen LogP contribution in [0.25, 0.3) is 0 Å². The second-order valence-corrected chi connectivity index (χ2v) is 6.45. The summed E-state index contributed by atoms with van der Waals surface area (Å²) in [6.45, 7) is 1.07. The summed E-state index contributed by atoms with van der Waals surface area (Å²) in [5.41, 5.74) is -0.741. The van der Waals surface area contributed by atoms with Crippen LogP contribution in [0.5, 0.6) is 0 Å². The van der Waals surface area contributed by atoms with Gasteiger partial charge in [-0.15, -0.1) is 0 Å². The minimum Gasteiger partial charge on any atom is -0.481 e. The van der Waals surface area contributed by atoms with Crippen LogP contribution in [0.1, 0.15) is 64.2 Å². The Morgan fingerprint density at radius 1 is 1.14 bits per heavy atom. The van der Waals surface area contributed by atoms with Crippen LogP contribution in [-0.4, -0.2) is 36.2 Å². The van der Waals surface area contributed by atoms with E-state index in [0.29, 0.717) is 19.3 Å². The first-order chi connectivity index (χ1) is 10.1. The number of ether oxygens (including phenoxy) is 1. The Balaban J connectivity index is 1.72. The summed E-state index contributed by atoms with van der Waals surface area (Å²) in [6, 6.07) is 0. The molecule has 1 aliphatic heterocycles. The lowest BCUT2D eigenvalue weighted by atomic mass is 9.74. The van der Waals surface area contributed by atoms with E-state index in [2.05, 4.69) is 5.32 Å². The van der Waals surface area contributed by atoms with Gasteiger partial charge in [-0.3, -0.25) is 9.59 Å². The third-order valence-corrected chi connectivity index (χ3v) is 4.86. The van der Waals surface area contributed by atoms with Gasteiger partial charge in [0.15, 0.2) is 0 Å². The second kappa shape index (κ2) is 7.78. The molecule has 1 aliphatic carbocycles. The Kier molecular flexibility index (Phi) is 6.03. The van der Waals surface area contributed by atoms with E-state index in [1.165, 1.54) is 6.42 Å². The van der Waals surface area contributed by atoms with Gasteiger partial charge in [-0.2, -0.15) is 0 Å². The van der Waals surface area contributed by atoms with Crippen LogP contribution >= 0.6 is 0 Å². The Labute approximate surface area is 126 Å². The number of rotatable bonds is 6. The number of amides is 1. The Morgan fingerprint density at radius 3 is 2.52 bits per heavy atom. The van der Waals surface area contributed by atoms with E-state index in [9.17, 15) is 14.7 Å². The van der Waals surface area contributed by atoms with Crippen molar-refractivity contribution in [2.45, 2.75) is 70.3 Å². The molecule has 1 saturated heterocycles. The number of carbonyl (C=O) groups is 2. The first-order valence-electron chi connectivity index (χ1n) is 8.24. The predicted molar refractivity (Wildman–Crippen MR) is 79.0 cm³/mol. The lowest BCUT2D eigenvalue weighted by molar-refractivity contribution is -0.151. The first-order valence-corrected chi connectivity index (χ1v) is 8.24. The van der Waals surface area contributed by atoms with Gasteiger partial charge in [-0.1, -0.05) is 19.3 Å². The molecule has 1 atom stereocenters. The maximum absolute atomic E-state index is 11.9. The van der Waals surface area contributed by atoms with Gasteiger partial charge in [0.1, 0.15) is 0 Å². The topological polar surface area (TPSA) is 75.6 Å². The average molecular weight is 297 g/mol. The maximum atomic E-state index is 11.9. The van der Waals surface area contributed by atoms with Gasteiger partial charge in [0, 0.05) is 19.6 Å². The van der Waals surface area contributed by atoms with Crippen LogP contribution in [0.3, 0.4) is 0 Å². The molecule has 21 heavy (non-hydrogen) atoms. The van der Waals surface area contributed by atoms with Crippen LogP contribution in [0.4, 0.5) is 0 Å². The van der Waals surface area contributed by atoms with E-state index < -0.39 is 11.4 Å². The van der Waals surface area contributed by atoms with Crippen LogP contribution in [0, 0.1) is 5.41 Å². The molecule has 0 aromatic rings. The average Bonchev–Trinajstić information content (AvgIpc) is 2.52. The molecule has 1 saturated carbocycles. The molecule has 0 spiro atoms. The fourth-order valence-corrected chi connectivity index (χ4v) is 3.38. The van der Waals surface area contributed by atoms with Crippen molar-refractivity contribution in [2.24, 2.45) is 5.41 Å². The number of hydrogen-bond acceptors (Lipinski definition) is 3. The van der Waals surface area contributed by atoms with E-state index in [1.807, 2.05) is 0 Å². The normalized spacial score (nSPS) is 25.2. The number of carboxylic acid groups (broad SMARTS) is 1. The number of nitrogens with one attached hydrogen (secondary N) is 1. The third kappa shape index (κ3) is 4.70. The van der Waals surface area contributed by atoms with Crippen molar-refractivity contribution in [1.29, 1.82) is 0 Å². The van der Waals surface area contributed by atoms with E-state index in [-0.39, 0.29) is 18.6 Å². The molecule has 2 N–H and O–H groups in total. The summed E-state index contributed by atoms with van der Waals surface area (Å²) in [6.07, 6.45) is 9.03. The van der Waals surface area contributed by atoms with E-state index >= 15 is 0 Å². The molecular weight excluding hydrogens is 270 g/mol. The minimum absolute atomic E-state index is 0.0460. The number of aliphatic carboxylic acids is 1. The quantitative estimate of drug-likeness (QED) is 0.790. The monoisotopic (exact) mass is 297 g/mol. The molecular formula is C16H27NO4. The van der Waals surface area contributed by atoms with Crippen LogP contribution in [-0.2, 0) is 14.3 Å². The molecule has 5 heteroatoms. The summed E-state index contributed by atoms with van der Waals surface area (Å²) >= 11 is 0. The number of carboxylic acids is 1. The maximum Gasteiger partial charge on any atom is 0.311 e. The third-order valence-electron chi connectivity index (χ3n) is 4.86. The summed E-state index contributed by atoms with van der Waals surface area (Å²) < 4.78 is 5.61. The highest BCUT2D eigenvalue weighted by Gasteiger charge is 2.39. The number of hydrogen-bond donors (Lipinski definition) is 2. The van der Waals surface area contributed by atoms with Gasteiger partial charge in [0.05, 0.1) is 11.5 Å². The smallest absolute Gasteiger partial charge is 0.311 e. The van der Waals surface area contributed by atoms with Crippen molar-refractivity contribution >= 4 is 11.9 Å². The molecule has 5 nitrogen and oxygen atoms in total. The molecule has 2 fully saturated rings. The standard InChI is InChI=1S/C16H27NO4/c18-14(8-7-13-6-2-5-11-21-13)17-12-16(15(19)20)9-3-1-4-10-16/h13H,1-12H2,(H,17,18)(H,19,20). The van der Waals surface area contributed by atoms with Crippen molar-refractivity contribution < 1.29 is 19.4 Å². The highest BCUT2D eigenvalue weighted by molar-refractivity contribution is 5.79. The van der Waals surface area contributed by atoms with Gasteiger partial charge >= 0.3 is 5.97 Å². The lowest BCUT2D eigenvalue weighted by Gasteiger charge is -2.33. The Hall–Kier alpha value is -1.10. The van der Waals surface area contributed by atoms with E-state index in [0.717, 1.165) is 45.1 Å². The Bertz CT molecular complexity index is 357. The summed E-state index contributed by atoms with van der Waals surface area (Å²) in [5.74, 6) is -0.812. The van der Waals surface area contributed by atoms with E-state index in [1.54, 1.807) is 0 Å². The van der Waals surface area contributed by atoms with Crippen molar-refractivity contribution in [1.82, 2.24) is 5.32 Å². The fraction of sp³-hybridized carbons (Fsp3) is 0.875. The first kappa shape index (κ1) is 16.3. The van der Waals surface area contributed by atoms with Gasteiger partial charge < -0.3 is 15.2 Å². The van der Waals surface area contributed by atoms with Gasteiger partial charge in [-0.05, 0) is 38.5 Å². The molecule has 0 radical (unpaired) electrons. The number of carbonyl (C=O) groups excluding carboxylic acids is 1. The van der Waals surface area contributed by atoms with Crippen LogP contribution < -0.4 is 5.32 Å². The molecule has 2 aliphatic rings. The minimum atomic E-state index is -0.766. The van der Waals surface area contributed by atoms with E-state index in [4.69, 9.17) is 4.74 Å². The molecule has 2 rings (SSSR count). The van der Waals surface area contributed by atoms with Crippen LogP contribution in [0.2, 0.25) is 0 Å². The molecule has 0 aromatic carbocycles. The molecule has 1 unspecified atom stereocenters. The van der Waals surface area contributed by atoms with Crippen molar-refractivity contribution in [3.8, 4) is 0 Å². The second-order valence-electron chi connectivity index (χ2n) is 6.45.